The first kappa shape index (κ1) is 24.5. The molecule has 1 aliphatic carbocycles. The summed E-state index contributed by atoms with van der Waals surface area (Å²) in [5, 5.41) is 0. The van der Waals surface area contributed by atoms with E-state index in [1.165, 1.54) is 6.92 Å². The van der Waals surface area contributed by atoms with Gasteiger partial charge in [0.2, 0.25) is 17.1 Å². The van der Waals surface area contributed by atoms with Crippen molar-refractivity contribution in [2.45, 2.75) is 37.4 Å². The second kappa shape index (κ2) is 8.03. The van der Waals surface area contributed by atoms with E-state index in [1.807, 2.05) is 0 Å². The second-order valence-corrected chi connectivity index (χ2v) is 7.35. The van der Waals surface area contributed by atoms with Crippen LogP contribution >= 0.6 is 0 Å². The number of hydrogen-bond acceptors (Lipinski definition) is 7. The molecule has 1 heterocycles. The third-order valence-corrected chi connectivity index (χ3v) is 5.34. The van der Waals surface area contributed by atoms with Crippen LogP contribution in [0.25, 0.3) is 0 Å². The van der Waals surface area contributed by atoms with Crippen molar-refractivity contribution < 1.29 is 59.6 Å². The van der Waals surface area contributed by atoms with Crippen molar-refractivity contribution >= 4 is 11.6 Å². The van der Waals surface area contributed by atoms with Crippen molar-refractivity contribution in [3.63, 3.8) is 0 Å². The second-order valence-electron chi connectivity index (χ2n) is 7.35. The Kier molecular flexibility index (Phi) is 5.97. The maximum atomic E-state index is 13.5. The van der Waals surface area contributed by atoms with E-state index in [2.05, 4.69) is 4.74 Å². The first-order valence-electron chi connectivity index (χ1n) is 9.34. The number of ketones is 2. The Morgan fingerprint density at radius 3 is 2.06 bits per heavy atom. The molecule has 0 radical (unpaired) electrons. The Labute approximate surface area is 183 Å². The zero-order valence-electron chi connectivity index (χ0n) is 17.6. The monoisotopic (exact) mass is 484 g/mol. The number of Topliss-reactive ketones (excluding diaryl/α,β-unsaturated/α-hetero) is 1. The number of carbonyl (C=O) groups is 2. The SMILES string of the molecule is COC1=CC(=O)C[C@@H](C)[C@]12Oc1c(OC(C(F)(F)F)C(F)(F)F)c(OC)cc(OC)c1C2=O. The summed E-state index contributed by atoms with van der Waals surface area (Å²) in [6, 6.07) is 0.910. The van der Waals surface area contributed by atoms with Gasteiger partial charge in [-0.3, -0.25) is 9.59 Å². The van der Waals surface area contributed by atoms with E-state index in [1.54, 1.807) is 0 Å². The van der Waals surface area contributed by atoms with Crippen molar-refractivity contribution in [3.8, 4) is 23.0 Å². The number of rotatable bonds is 5. The van der Waals surface area contributed by atoms with Crippen LogP contribution in [0.2, 0.25) is 0 Å². The average molecular weight is 484 g/mol. The first-order chi connectivity index (χ1) is 15.2. The summed E-state index contributed by atoms with van der Waals surface area (Å²) in [5.41, 5.74) is -2.50. The predicted octanol–water partition coefficient (Wildman–Crippen LogP) is 4.03. The third-order valence-electron chi connectivity index (χ3n) is 5.34. The maximum Gasteiger partial charge on any atom is 0.434 e. The van der Waals surface area contributed by atoms with Gasteiger partial charge in [0.25, 0.3) is 6.10 Å². The van der Waals surface area contributed by atoms with Crippen LogP contribution in [-0.4, -0.2) is 57.0 Å². The predicted molar refractivity (Wildman–Crippen MR) is 97.6 cm³/mol. The molecule has 0 N–H and O–H groups in total. The first-order valence-corrected chi connectivity index (χ1v) is 9.34. The molecule has 0 fully saturated rings. The molecule has 7 nitrogen and oxygen atoms in total. The molecule has 1 aromatic carbocycles. The van der Waals surface area contributed by atoms with Crippen LogP contribution in [0.4, 0.5) is 26.3 Å². The molecule has 0 aromatic heterocycles. The van der Waals surface area contributed by atoms with Crippen molar-refractivity contribution in [3.05, 3.63) is 23.5 Å². The van der Waals surface area contributed by atoms with E-state index in [9.17, 15) is 35.9 Å². The van der Waals surface area contributed by atoms with Crippen molar-refractivity contribution in [1.29, 1.82) is 0 Å². The van der Waals surface area contributed by atoms with Crippen molar-refractivity contribution in [1.82, 2.24) is 0 Å². The molecule has 182 valence electrons. The highest BCUT2D eigenvalue weighted by atomic mass is 19.4. The van der Waals surface area contributed by atoms with Gasteiger partial charge >= 0.3 is 12.4 Å². The van der Waals surface area contributed by atoms with Crippen molar-refractivity contribution in [2.75, 3.05) is 21.3 Å². The quantitative estimate of drug-likeness (QED) is 0.584. The number of fused-ring (bicyclic) bond motifs is 1. The number of methoxy groups -OCH3 is 3. The number of carbonyl (C=O) groups excluding carboxylic acids is 2. The van der Waals surface area contributed by atoms with E-state index in [0.717, 1.165) is 33.5 Å². The summed E-state index contributed by atoms with van der Waals surface area (Å²) in [7, 11) is 3.24. The van der Waals surface area contributed by atoms with Gasteiger partial charge in [0.05, 0.1) is 21.3 Å². The number of halogens is 6. The standard InChI is InChI=1S/C20H18F6O7/c1-8-5-9(27)6-12(31-4)18(8)16(28)13-10(29-2)7-11(30-3)14(15(13)33-18)32-17(19(21,22)23)20(24,25)26/h6-8,17H,5H2,1-4H3/t8-,18+/m1/s1. The molecule has 33 heavy (non-hydrogen) atoms. The van der Waals surface area contributed by atoms with Crippen LogP contribution in [0, 0.1) is 5.92 Å². The van der Waals surface area contributed by atoms with Gasteiger partial charge < -0.3 is 23.7 Å². The van der Waals surface area contributed by atoms with Gasteiger partial charge in [0, 0.05) is 24.5 Å². The highest BCUT2D eigenvalue weighted by molar-refractivity contribution is 6.14. The summed E-state index contributed by atoms with van der Waals surface area (Å²) in [5.74, 6) is -5.14. The minimum absolute atomic E-state index is 0.198. The summed E-state index contributed by atoms with van der Waals surface area (Å²) >= 11 is 0. The Hall–Kier alpha value is -3.12. The molecule has 3 rings (SSSR count). The molecule has 13 heteroatoms. The molecule has 0 amide bonds. The maximum absolute atomic E-state index is 13.5. The van der Waals surface area contributed by atoms with Crippen LogP contribution in [0.5, 0.6) is 23.0 Å². The number of ether oxygens (including phenoxy) is 5. The van der Waals surface area contributed by atoms with E-state index in [-0.39, 0.29) is 17.9 Å². The molecule has 0 unspecified atom stereocenters. The van der Waals surface area contributed by atoms with E-state index in [0.29, 0.717) is 0 Å². The lowest BCUT2D eigenvalue weighted by Crippen LogP contribution is -2.51. The largest absolute Gasteiger partial charge is 0.496 e. The van der Waals surface area contributed by atoms with Crippen molar-refractivity contribution in [2.24, 2.45) is 5.92 Å². The summed E-state index contributed by atoms with van der Waals surface area (Å²) in [6.07, 6.45) is -15.1. The van der Waals surface area contributed by atoms with Crippen LogP contribution < -0.4 is 18.9 Å². The third kappa shape index (κ3) is 3.82. The van der Waals surface area contributed by atoms with E-state index >= 15 is 0 Å². The van der Waals surface area contributed by atoms with Gasteiger partial charge in [-0.1, -0.05) is 6.92 Å². The molecule has 1 spiro atoms. The Bertz CT molecular complexity index is 1000. The zero-order valence-corrected chi connectivity index (χ0v) is 17.6. The van der Waals surface area contributed by atoms with Gasteiger partial charge in [0.15, 0.2) is 23.0 Å². The minimum atomic E-state index is -5.85. The Balaban J connectivity index is 2.28. The average Bonchev–Trinajstić information content (AvgIpc) is 3.01. The molecule has 1 aromatic rings. The van der Waals surface area contributed by atoms with Crippen LogP contribution in [0.15, 0.2) is 17.9 Å². The lowest BCUT2D eigenvalue weighted by atomic mass is 9.75. The van der Waals surface area contributed by atoms with Gasteiger partial charge in [-0.15, -0.1) is 0 Å². The molecular formula is C20H18F6O7. The normalized spacial score (nSPS) is 22.8. The van der Waals surface area contributed by atoms with E-state index < -0.39 is 64.4 Å². The summed E-state index contributed by atoms with van der Waals surface area (Å²) in [4.78, 5) is 25.5. The fourth-order valence-corrected chi connectivity index (χ4v) is 3.86. The van der Waals surface area contributed by atoms with E-state index in [4.69, 9.17) is 18.9 Å². The number of hydrogen-bond donors (Lipinski definition) is 0. The molecule has 0 bridgehead atoms. The van der Waals surface area contributed by atoms with Gasteiger partial charge in [-0.05, 0) is 0 Å². The Morgan fingerprint density at radius 2 is 1.58 bits per heavy atom. The molecule has 0 saturated heterocycles. The molecule has 0 saturated carbocycles. The van der Waals surface area contributed by atoms with Crippen LogP contribution in [0.3, 0.4) is 0 Å². The lowest BCUT2D eigenvalue weighted by Gasteiger charge is -2.36. The molecule has 2 atom stereocenters. The number of benzene rings is 1. The lowest BCUT2D eigenvalue weighted by molar-refractivity contribution is -0.300. The van der Waals surface area contributed by atoms with Gasteiger partial charge in [0.1, 0.15) is 11.3 Å². The highest BCUT2D eigenvalue weighted by Gasteiger charge is 2.63. The van der Waals surface area contributed by atoms with Crippen LogP contribution in [0.1, 0.15) is 23.7 Å². The Morgan fingerprint density at radius 1 is 1.00 bits per heavy atom. The topological polar surface area (TPSA) is 80.3 Å². The summed E-state index contributed by atoms with van der Waals surface area (Å²) in [6.45, 7) is 1.45. The van der Waals surface area contributed by atoms with Crippen LogP contribution in [-0.2, 0) is 9.53 Å². The molecule has 2 aliphatic rings. The molecule has 1 aliphatic heterocycles. The zero-order chi connectivity index (χ0) is 24.9. The molecular weight excluding hydrogens is 466 g/mol. The fourth-order valence-electron chi connectivity index (χ4n) is 3.86. The fraction of sp³-hybridized carbons (Fsp3) is 0.500. The summed E-state index contributed by atoms with van der Waals surface area (Å²) < 4.78 is 104. The minimum Gasteiger partial charge on any atom is -0.496 e. The van der Waals surface area contributed by atoms with Gasteiger partial charge in [-0.25, -0.2) is 0 Å². The smallest absolute Gasteiger partial charge is 0.434 e. The number of alkyl halides is 6. The van der Waals surface area contributed by atoms with Gasteiger partial charge in [-0.2, -0.15) is 26.3 Å². The highest BCUT2D eigenvalue weighted by Crippen LogP contribution is 2.57. The number of allylic oxidation sites excluding steroid dienone is 1.